The van der Waals surface area contributed by atoms with Gasteiger partial charge in [0.15, 0.2) is 5.96 Å². The van der Waals surface area contributed by atoms with Crippen molar-refractivity contribution in [3.8, 4) is 0 Å². The van der Waals surface area contributed by atoms with Crippen LogP contribution in [0.1, 0.15) is 24.0 Å². The van der Waals surface area contributed by atoms with Gasteiger partial charge in [-0.1, -0.05) is 24.3 Å². The van der Waals surface area contributed by atoms with E-state index in [1.165, 1.54) is 11.1 Å². The predicted octanol–water partition coefficient (Wildman–Crippen LogP) is 0.917. The molecule has 3 fully saturated rings. The van der Waals surface area contributed by atoms with Gasteiger partial charge in [-0.15, -0.1) is 0 Å². The maximum atomic E-state index is 12.5. The Bertz CT molecular complexity index is 734. The van der Waals surface area contributed by atoms with Gasteiger partial charge in [-0.05, 0) is 24.0 Å². The summed E-state index contributed by atoms with van der Waals surface area (Å²) in [4.78, 5) is 23.6. The summed E-state index contributed by atoms with van der Waals surface area (Å²) in [7, 11) is 1.82. The second-order valence-corrected chi connectivity index (χ2v) is 8.42. The van der Waals surface area contributed by atoms with E-state index >= 15 is 0 Å². The molecule has 1 aromatic carbocycles. The number of nitrogens with zero attached hydrogens (tertiary/aromatic N) is 4. The molecule has 3 saturated heterocycles. The standard InChI is InChI=1S/C23H35N5O3/c1-24-23(28-10-8-27(9-11-28)22(29)21-3-2-14-31-21)25-17-19-4-6-20(7-5-19)18-26-12-15-30-16-13-26/h4-7,21H,2-3,8-18H2,1H3,(H,24,25). The molecule has 1 unspecified atom stereocenters. The highest BCUT2D eigenvalue weighted by Crippen LogP contribution is 2.16. The largest absolute Gasteiger partial charge is 0.379 e. The Morgan fingerprint density at radius 2 is 1.68 bits per heavy atom. The summed E-state index contributed by atoms with van der Waals surface area (Å²) in [5.41, 5.74) is 2.57. The van der Waals surface area contributed by atoms with E-state index in [9.17, 15) is 4.79 Å². The molecule has 4 rings (SSSR count). The van der Waals surface area contributed by atoms with Crippen molar-refractivity contribution in [2.24, 2.45) is 4.99 Å². The van der Waals surface area contributed by atoms with Crippen LogP contribution in [-0.4, -0.2) is 98.8 Å². The maximum Gasteiger partial charge on any atom is 0.251 e. The number of piperazine rings is 1. The molecule has 0 radical (unpaired) electrons. The van der Waals surface area contributed by atoms with Gasteiger partial charge in [-0.3, -0.25) is 14.7 Å². The fourth-order valence-corrected chi connectivity index (χ4v) is 4.41. The minimum absolute atomic E-state index is 0.150. The molecule has 8 nitrogen and oxygen atoms in total. The van der Waals surface area contributed by atoms with Gasteiger partial charge in [-0.25, -0.2) is 0 Å². The number of guanidine groups is 1. The van der Waals surface area contributed by atoms with E-state index in [-0.39, 0.29) is 12.0 Å². The summed E-state index contributed by atoms with van der Waals surface area (Å²) < 4.78 is 11.0. The number of carbonyl (C=O) groups is 1. The smallest absolute Gasteiger partial charge is 0.251 e. The van der Waals surface area contributed by atoms with Gasteiger partial charge in [0.1, 0.15) is 6.10 Å². The predicted molar refractivity (Wildman–Crippen MR) is 120 cm³/mol. The molecule has 1 aromatic rings. The first kappa shape index (κ1) is 22.0. The number of morpholine rings is 1. The Hall–Kier alpha value is -2.16. The average Bonchev–Trinajstić information content (AvgIpc) is 3.36. The SMILES string of the molecule is CN=C(NCc1ccc(CN2CCOCC2)cc1)N1CCN(C(=O)C2CCCO2)CC1. The lowest BCUT2D eigenvalue weighted by Gasteiger charge is -2.37. The molecule has 3 aliphatic heterocycles. The van der Waals surface area contributed by atoms with Crippen LogP contribution < -0.4 is 5.32 Å². The van der Waals surface area contributed by atoms with Crippen LogP contribution in [0.25, 0.3) is 0 Å². The van der Waals surface area contributed by atoms with Crippen LogP contribution in [0.3, 0.4) is 0 Å². The number of nitrogens with one attached hydrogen (secondary N) is 1. The van der Waals surface area contributed by atoms with Crippen molar-refractivity contribution in [2.45, 2.75) is 32.0 Å². The summed E-state index contributed by atoms with van der Waals surface area (Å²) in [6.07, 6.45) is 1.62. The first-order valence-electron chi connectivity index (χ1n) is 11.5. The number of benzene rings is 1. The summed E-state index contributed by atoms with van der Waals surface area (Å²) in [5.74, 6) is 1.04. The van der Waals surface area contributed by atoms with Gasteiger partial charge >= 0.3 is 0 Å². The lowest BCUT2D eigenvalue weighted by Crippen LogP contribution is -2.55. The minimum Gasteiger partial charge on any atom is -0.379 e. The molecule has 3 heterocycles. The number of aliphatic imine (C=N–C) groups is 1. The Kier molecular flexibility index (Phi) is 7.77. The number of carbonyl (C=O) groups excluding carboxylic acids is 1. The molecule has 1 N–H and O–H groups in total. The zero-order valence-electron chi connectivity index (χ0n) is 18.6. The fourth-order valence-electron chi connectivity index (χ4n) is 4.41. The summed E-state index contributed by atoms with van der Waals surface area (Å²) in [6.45, 7) is 9.11. The second kappa shape index (κ2) is 10.9. The third-order valence-corrected chi connectivity index (χ3v) is 6.29. The van der Waals surface area contributed by atoms with Crippen molar-refractivity contribution in [3.05, 3.63) is 35.4 Å². The Morgan fingerprint density at radius 1 is 1.00 bits per heavy atom. The molecule has 0 aromatic heterocycles. The van der Waals surface area contributed by atoms with Crippen molar-refractivity contribution in [1.82, 2.24) is 20.0 Å². The minimum atomic E-state index is -0.227. The van der Waals surface area contributed by atoms with Crippen molar-refractivity contribution in [3.63, 3.8) is 0 Å². The highest BCUT2D eigenvalue weighted by atomic mass is 16.5. The van der Waals surface area contributed by atoms with Crippen LogP contribution in [0, 0.1) is 0 Å². The fraction of sp³-hybridized carbons (Fsp3) is 0.652. The second-order valence-electron chi connectivity index (χ2n) is 8.42. The molecule has 1 atom stereocenters. The van der Waals surface area contributed by atoms with Crippen molar-refractivity contribution in [1.29, 1.82) is 0 Å². The molecular formula is C23H35N5O3. The zero-order valence-corrected chi connectivity index (χ0v) is 18.6. The zero-order chi connectivity index (χ0) is 21.5. The van der Waals surface area contributed by atoms with E-state index in [1.807, 2.05) is 11.9 Å². The lowest BCUT2D eigenvalue weighted by molar-refractivity contribution is -0.142. The van der Waals surface area contributed by atoms with Gasteiger partial charge in [0.2, 0.25) is 0 Å². The number of amides is 1. The topological polar surface area (TPSA) is 69.6 Å². The molecule has 0 bridgehead atoms. The quantitative estimate of drug-likeness (QED) is 0.555. The van der Waals surface area contributed by atoms with Gasteiger partial charge in [-0.2, -0.15) is 0 Å². The summed E-state index contributed by atoms with van der Waals surface area (Å²) in [6, 6.07) is 8.80. The van der Waals surface area contributed by atoms with E-state index < -0.39 is 0 Å². The number of hydrogen-bond donors (Lipinski definition) is 1. The molecule has 170 valence electrons. The van der Waals surface area contributed by atoms with Gasteiger partial charge in [0.05, 0.1) is 13.2 Å². The molecule has 0 saturated carbocycles. The molecule has 31 heavy (non-hydrogen) atoms. The van der Waals surface area contributed by atoms with E-state index in [0.717, 1.165) is 84.4 Å². The van der Waals surface area contributed by atoms with E-state index in [1.54, 1.807) is 0 Å². The lowest BCUT2D eigenvalue weighted by atomic mass is 10.1. The molecular weight excluding hydrogens is 394 g/mol. The Morgan fingerprint density at radius 3 is 2.32 bits per heavy atom. The Labute approximate surface area is 185 Å². The summed E-state index contributed by atoms with van der Waals surface area (Å²) >= 11 is 0. The molecule has 0 aliphatic carbocycles. The third-order valence-electron chi connectivity index (χ3n) is 6.29. The highest BCUT2D eigenvalue weighted by molar-refractivity contribution is 5.82. The van der Waals surface area contributed by atoms with Gasteiger partial charge < -0.3 is 24.6 Å². The normalized spacial score (nSPS) is 23.3. The van der Waals surface area contributed by atoms with Crippen LogP contribution in [0.4, 0.5) is 0 Å². The Balaban J connectivity index is 1.22. The molecule has 3 aliphatic rings. The van der Waals surface area contributed by atoms with Crippen molar-refractivity contribution >= 4 is 11.9 Å². The van der Waals surface area contributed by atoms with Crippen LogP contribution >= 0.6 is 0 Å². The number of hydrogen-bond acceptors (Lipinski definition) is 5. The first-order valence-corrected chi connectivity index (χ1v) is 11.5. The van der Waals surface area contributed by atoms with Crippen molar-refractivity contribution < 1.29 is 14.3 Å². The van der Waals surface area contributed by atoms with E-state index in [2.05, 4.69) is 44.4 Å². The third kappa shape index (κ3) is 5.96. The van der Waals surface area contributed by atoms with Crippen LogP contribution in [-0.2, 0) is 27.4 Å². The number of rotatable bonds is 5. The van der Waals surface area contributed by atoms with E-state index in [4.69, 9.17) is 9.47 Å². The van der Waals surface area contributed by atoms with Crippen LogP contribution in [0.15, 0.2) is 29.3 Å². The van der Waals surface area contributed by atoms with E-state index in [0.29, 0.717) is 6.61 Å². The maximum absolute atomic E-state index is 12.5. The van der Waals surface area contributed by atoms with Gasteiger partial charge in [0, 0.05) is 66.0 Å². The molecule has 0 spiro atoms. The van der Waals surface area contributed by atoms with Crippen molar-refractivity contribution in [2.75, 3.05) is 66.1 Å². The highest BCUT2D eigenvalue weighted by Gasteiger charge is 2.30. The monoisotopic (exact) mass is 429 g/mol. The molecule has 1 amide bonds. The molecule has 8 heteroatoms. The number of ether oxygens (including phenoxy) is 2. The average molecular weight is 430 g/mol. The van der Waals surface area contributed by atoms with Crippen LogP contribution in [0.2, 0.25) is 0 Å². The first-order chi connectivity index (χ1) is 15.2. The van der Waals surface area contributed by atoms with Crippen LogP contribution in [0.5, 0.6) is 0 Å². The van der Waals surface area contributed by atoms with Gasteiger partial charge in [0.25, 0.3) is 5.91 Å². The summed E-state index contributed by atoms with van der Waals surface area (Å²) in [5, 5.41) is 3.48.